The quantitative estimate of drug-likeness (QED) is 0.626. The Labute approximate surface area is 144 Å². The number of rotatable bonds is 5. The minimum Gasteiger partial charge on any atom is -0.458 e. The van der Waals surface area contributed by atoms with Crippen molar-refractivity contribution in [2.24, 2.45) is 5.92 Å². The zero-order valence-corrected chi connectivity index (χ0v) is 14.9. The third kappa shape index (κ3) is 4.78. The van der Waals surface area contributed by atoms with Crippen molar-refractivity contribution in [2.45, 2.75) is 38.0 Å². The SMILES string of the molecule is COC1CC(CBr)C(OC(=O)c2ccccc2)CC1NC(C)=O. The fraction of sp³-hybridized carbons (Fsp3) is 0.529. The van der Waals surface area contributed by atoms with Gasteiger partial charge < -0.3 is 14.8 Å². The van der Waals surface area contributed by atoms with Gasteiger partial charge in [-0.2, -0.15) is 0 Å². The van der Waals surface area contributed by atoms with Crippen LogP contribution in [0.4, 0.5) is 0 Å². The molecule has 2 rings (SSSR count). The lowest BCUT2D eigenvalue weighted by Crippen LogP contribution is -2.52. The first kappa shape index (κ1) is 17.9. The maximum absolute atomic E-state index is 12.3. The van der Waals surface area contributed by atoms with Gasteiger partial charge in [-0.25, -0.2) is 4.79 Å². The van der Waals surface area contributed by atoms with E-state index in [0.29, 0.717) is 17.3 Å². The van der Waals surface area contributed by atoms with Crippen molar-refractivity contribution in [3.63, 3.8) is 0 Å². The number of ether oxygens (including phenoxy) is 2. The van der Waals surface area contributed by atoms with Gasteiger partial charge in [0, 0.05) is 31.7 Å². The first-order chi connectivity index (χ1) is 11.0. The van der Waals surface area contributed by atoms with Crippen LogP contribution in [-0.4, -0.2) is 42.6 Å². The molecular formula is C17H22BrNO4. The smallest absolute Gasteiger partial charge is 0.338 e. The second kappa shape index (κ2) is 8.45. The number of alkyl halides is 1. The van der Waals surface area contributed by atoms with Crippen LogP contribution in [0.15, 0.2) is 30.3 Å². The molecule has 1 aromatic carbocycles. The maximum atomic E-state index is 12.3. The predicted octanol–water partition coefficient (Wildman–Crippen LogP) is 2.54. The predicted molar refractivity (Wildman–Crippen MR) is 90.6 cm³/mol. The summed E-state index contributed by atoms with van der Waals surface area (Å²) in [6.07, 6.45) is 0.935. The van der Waals surface area contributed by atoms with E-state index in [0.717, 1.165) is 6.42 Å². The fourth-order valence-corrected chi connectivity index (χ4v) is 3.65. The van der Waals surface area contributed by atoms with Crippen LogP contribution in [0.25, 0.3) is 0 Å². The molecule has 0 aromatic heterocycles. The minimum atomic E-state index is -0.334. The van der Waals surface area contributed by atoms with E-state index in [2.05, 4.69) is 21.2 Å². The highest BCUT2D eigenvalue weighted by Crippen LogP contribution is 2.31. The molecule has 1 aliphatic carbocycles. The van der Waals surface area contributed by atoms with Gasteiger partial charge in [-0.1, -0.05) is 34.1 Å². The molecule has 126 valence electrons. The topological polar surface area (TPSA) is 64.6 Å². The lowest BCUT2D eigenvalue weighted by Gasteiger charge is -2.39. The van der Waals surface area contributed by atoms with Crippen molar-refractivity contribution < 1.29 is 19.1 Å². The van der Waals surface area contributed by atoms with Crippen molar-refractivity contribution in [3.05, 3.63) is 35.9 Å². The average Bonchev–Trinajstić information content (AvgIpc) is 2.55. The zero-order chi connectivity index (χ0) is 16.8. The van der Waals surface area contributed by atoms with Crippen molar-refractivity contribution in [3.8, 4) is 0 Å². The van der Waals surface area contributed by atoms with Crippen LogP contribution in [0.5, 0.6) is 0 Å². The summed E-state index contributed by atoms with van der Waals surface area (Å²) >= 11 is 3.49. The number of amides is 1. The van der Waals surface area contributed by atoms with Gasteiger partial charge in [-0.05, 0) is 18.6 Å². The van der Waals surface area contributed by atoms with E-state index < -0.39 is 0 Å². The molecule has 1 aliphatic rings. The molecule has 0 spiro atoms. The Bertz CT molecular complexity index is 537. The first-order valence-corrected chi connectivity index (χ1v) is 8.79. The van der Waals surface area contributed by atoms with E-state index >= 15 is 0 Å². The van der Waals surface area contributed by atoms with Gasteiger partial charge in [0.15, 0.2) is 0 Å². The molecule has 4 atom stereocenters. The third-order valence-electron chi connectivity index (χ3n) is 4.15. The van der Waals surface area contributed by atoms with Crippen molar-refractivity contribution >= 4 is 27.8 Å². The van der Waals surface area contributed by atoms with Crippen LogP contribution in [-0.2, 0) is 14.3 Å². The minimum absolute atomic E-state index is 0.0758. The van der Waals surface area contributed by atoms with Crippen LogP contribution >= 0.6 is 15.9 Å². The van der Waals surface area contributed by atoms with Crippen LogP contribution in [0.3, 0.4) is 0 Å². The Morgan fingerprint density at radius 3 is 2.48 bits per heavy atom. The standard InChI is InChI=1S/C17H22BrNO4/c1-11(20)19-14-9-15(13(10-18)8-16(14)22-2)23-17(21)12-6-4-3-5-7-12/h3-7,13-16H,8-10H2,1-2H3,(H,19,20). The summed E-state index contributed by atoms with van der Waals surface area (Å²) in [5, 5.41) is 3.61. The van der Waals surface area contributed by atoms with Crippen LogP contribution in [0.1, 0.15) is 30.1 Å². The van der Waals surface area contributed by atoms with E-state index in [4.69, 9.17) is 9.47 Å². The first-order valence-electron chi connectivity index (χ1n) is 7.67. The largest absolute Gasteiger partial charge is 0.458 e. The van der Waals surface area contributed by atoms with Crippen LogP contribution in [0, 0.1) is 5.92 Å². The number of esters is 1. The van der Waals surface area contributed by atoms with Crippen molar-refractivity contribution in [2.75, 3.05) is 12.4 Å². The number of methoxy groups -OCH3 is 1. The molecule has 5 nitrogen and oxygen atoms in total. The van der Waals surface area contributed by atoms with E-state index in [1.807, 2.05) is 6.07 Å². The van der Waals surface area contributed by atoms with Gasteiger partial charge in [-0.15, -0.1) is 0 Å². The van der Waals surface area contributed by atoms with Gasteiger partial charge in [-0.3, -0.25) is 4.79 Å². The number of nitrogens with one attached hydrogen (secondary N) is 1. The molecule has 6 heteroatoms. The van der Waals surface area contributed by atoms with Gasteiger partial charge in [0.2, 0.25) is 5.91 Å². The summed E-state index contributed by atoms with van der Waals surface area (Å²) in [5.74, 6) is -0.293. The lowest BCUT2D eigenvalue weighted by atomic mass is 9.82. The highest BCUT2D eigenvalue weighted by Gasteiger charge is 2.39. The molecule has 0 bridgehead atoms. The molecule has 1 N–H and O–H groups in total. The number of benzene rings is 1. The molecule has 0 heterocycles. The second-order valence-corrected chi connectivity index (χ2v) is 6.42. The average molecular weight is 384 g/mol. The Hall–Kier alpha value is -1.40. The summed E-state index contributed by atoms with van der Waals surface area (Å²) in [7, 11) is 1.64. The number of carbonyl (C=O) groups is 2. The van der Waals surface area contributed by atoms with E-state index in [1.165, 1.54) is 6.92 Å². The molecule has 0 saturated heterocycles. The number of carbonyl (C=O) groups excluding carboxylic acids is 2. The molecular weight excluding hydrogens is 362 g/mol. The Kier molecular flexibility index (Phi) is 6.59. The zero-order valence-electron chi connectivity index (χ0n) is 13.3. The van der Waals surface area contributed by atoms with E-state index in [-0.39, 0.29) is 36.0 Å². The Balaban J connectivity index is 2.08. The number of halogens is 1. The Morgan fingerprint density at radius 1 is 1.22 bits per heavy atom. The van der Waals surface area contributed by atoms with E-state index in [1.54, 1.807) is 31.4 Å². The van der Waals surface area contributed by atoms with Crippen molar-refractivity contribution in [1.82, 2.24) is 5.32 Å². The monoisotopic (exact) mass is 383 g/mol. The summed E-state index contributed by atoms with van der Waals surface area (Å²) in [4.78, 5) is 23.7. The molecule has 1 fully saturated rings. The number of hydrogen-bond acceptors (Lipinski definition) is 4. The highest BCUT2D eigenvalue weighted by molar-refractivity contribution is 9.09. The summed E-state index contributed by atoms with van der Waals surface area (Å²) in [6, 6.07) is 8.78. The van der Waals surface area contributed by atoms with Crippen molar-refractivity contribution in [1.29, 1.82) is 0 Å². The fourth-order valence-electron chi connectivity index (χ4n) is 2.97. The normalized spacial score (nSPS) is 27.3. The summed E-state index contributed by atoms with van der Waals surface area (Å²) in [6.45, 7) is 1.48. The second-order valence-electron chi connectivity index (χ2n) is 5.78. The summed E-state index contributed by atoms with van der Waals surface area (Å²) in [5.41, 5.74) is 0.533. The van der Waals surface area contributed by atoms with Gasteiger partial charge in [0.05, 0.1) is 17.7 Å². The molecule has 1 amide bonds. The lowest BCUT2D eigenvalue weighted by molar-refractivity contribution is -0.122. The third-order valence-corrected chi connectivity index (χ3v) is 4.99. The summed E-state index contributed by atoms with van der Waals surface area (Å²) < 4.78 is 11.2. The molecule has 0 radical (unpaired) electrons. The molecule has 0 aliphatic heterocycles. The Morgan fingerprint density at radius 2 is 1.91 bits per heavy atom. The van der Waals surface area contributed by atoms with Gasteiger partial charge in [0.1, 0.15) is 6.10 Å². The van der Waals surface area contributed by atoms with Gasteiger partial charge in [0.25, 0.3) is 0 Å². The molecule has 4 unspecified atom stereocenters. The maximum Gasteiger partial charge on any atom is 0.338 e. The van der Waals surface area contributed by atoms with Crippen LogP contribution in [0.2, 0.25) is 0 Å². The van der Waals surface area contributed by atoms with Crippen LogP contribution < -0.4 is 5.32 Å². The highest BCUT2D eigenvalue weighted by atomic mass is 79.9. The molecule has 23 heavy (non-hydrogen) atoms. The molecule has 1 saturated carbocycles. The van der Waals surface area contributed by atoms with E-state index in [9.17, 15) is 9.59 Å². The number of hydrogen-bond donors (Lipinski definition) is 1. The molecule has 1 aromatic rings. The van der Waals surface area contributed by atoms with Gasteiger partial charge >= 0.3 is 5.97 Å².